The number of hydrogen-bond acceptors (Lipinski definition) is 4. The number of ether oxygens (including phenoxy) is 2. The van der Waals surface area contributed by atoms with Crippen LogP contribution in [0.3, 0.4) is 0 Å². The quantitative estimate of drug-likeness (QED) is 0.656. The van der Waals surface area contributed by atoms with Crippen LogP contribution in [0.4, 0.5) is 4.79 Å². The van der Waals surface area contributed by atoms with E-state index >= 15 is 0 Å². The molecule has 1 aromatic rings. The van der Waals surface area contributed by atoms with Crippen LogP contribution in [0.25, 0.3) is 0 Å². The van der Waals surface area contributed by atoms with E-state index in [1.165, 1.54) is 12.7 Å². The number of carbonyl (C=O) groups excluding carboxylic acids is 2. The molecule has 0 atom stereocenters. The number of benzene rings is 1. The molecule has 150 valence electrons. The van der Waals surface area contributed by atoms with Crippen molar-refractivity contribution in [2.24, 2.45) is 5.92 Å². The molecule has 1 fully saturated rings. The zero-order valence-corrected chi connectivity index (χ0v) is 18.4. The van der Waals surface area contributed by atoms with E-state index in [2.05, 4.69) is 27.3 Å². The van der Waals surface area contributed by atoms with Crippen LogP contribution < -0.4 is 5.32 Å². The predicted molar refractivity (Wildman–Crippen MR) is 109 cm³/mol. The predicted octanol–water partition coefficient (Wildman–Crippen LogP) is 5.17. The monoisotopic (exact) mass is 439 g/mol. The highest BCUT2D eigenvalue weighted by atomic mass is 79.9. The first-order chi connectivity index (χ1) is 12.6. The van der Waals surface area contributed by atoms with Crippen molar-refractivity contribution in [1.82, 2.24) is 5.32 Å². The molecule has 1 aromatic carbocycles. The topological polar surface area (TPSA) is 64.6 Å². The number of rotatable bonds is 4. The zero-order valence-electron chi connectivity index (χ0n) is 16.9. The van der Waals surface area contributed by atoms with Crippen molar-refractivity contribution in [2.75, 3.05) is 7.11 Å². The largest absolute Gasteiger partial charge is 0.465 e. The number of alkyl carbamates (subject to hydrolysis) is 1. The molecule has 0 heterocycles. The molecule has 1 N–H and O–H groups in total. The molecule has 2 rings (SSSR count). The molecule has 0 unspecified atom stereocenters. The summed E-state index contributed by atoms with van der Waals surface area (Å²) in [6, 6.07) is 4.07. The maximum atomic E-state index is 12.0. The van der Waals surface area contributed by atoms with Crippen molar-refractivity contribution in [3.8, 4) is 0 Å². The Kier molecular flexibility index (Phi) is 7.32. The molecule has 0 bridgehead atoms. The van der Waals surface area contributed by atoms with Gasteiger partial charge in [0.05, 0.1) is 12.7 Å². The highest BCUT2D eigenvalue weighted by molar-refractivity contribution is 9.10. The van der Waals surface area contributed by atoms with Gasteiger partial charge in [0, 0.05) is 10.5 Å². The van der Waals surface area contributed by atoms with Gasteiger partial charge in [0.15, 0.2) is 0 Å². The normalized spacial score (nSPS) is 20.1. The summed E-state index contributed by atoms with van der Waals surface area (Å²) in [5, 5.41) is 2.98. The molecule has 27 heavy (non-hydrogen) atoms. The third kappa shape index (κ3) is 6.52. The van der Waals surface area contributed by atoms with Crippen LogP contribution in [0.15, 0.2) is 16.6 Å². The van der Waals surface area contributed by atoms with E-state index in [4.69, 9.17) is 9.47 Å². The van der Waals surface area contributed by atoms with Crippen LogP contribution in [0, 0.1) is 12.8 Å². The van der Waals surface area contributed by atoms with Crippen molar-refractivity contribution in [3.05, 3.63) is 33.3 Å². The standard InChI is InChI=1S/C21H30BrNO4/c1-13-15(11-16(22)12-18(13)19(24)26-5)10-14-6-8-17(9-7-14)23-20(25)27-21(2,3)4/h11-12,14,17H,6-10H2,1-5H3,(H,23,25). The van der Waals surface area contributed by atoms with Gasteiger partial charge in [0.25, 0.3) is 0 Å². The molecule has 0 aliphatic heterocycles. The molecule has 0 saturated heterocycles. The summed E-state index contributed by atoms with van der Waals surface area (Å²) in [5.74, 6) is 0.237. The van der Waals surface area contributed by atoms with Crippen LogP contribution >= 0.6 is 15.9 Å². The average molecular weight is 440 g/mol. The molecule has 0 spiro atoms. The molecule has 0 aromatic heterocycles. The van der Waals surface area contributed by atoms with Crippen molar-refractivity contribution < 1.29 is 19.1 Å². The summed E-state index contributed by atoms with van der Waals surface area (Å²) in [4.78, 5) is 23.9. The third-order valence-corrected chi connectivity index (χ3v) is 5.42. The fourth-order valence-corrected chi connectivity index (χ4v) is 4.07. The lowest BCUT2D eigenvalue weighted by molar-refractivity contribution is 0.0486. The first-order valence-corrected chi connectivity index (χ1v) is 10.2. The molecule has 1 aliphatic rings. The lowest BCUT2D eigenvalue weighted by atomic mass is 9.81. The van der Waals surface area contributed by atoms with Crippen LogP contribution in [0.1, 0.15) is 67.9 Å². The smallest absolute Gasteiger partial charge is 0.407 e. The Bertz CT molecular complexity index is 688. The summed E-state index contributed by atoms with van der Waals surface area (Å²) in [5.41, 5.74) is 2.30. The Morgan fingerprint density at radius 3 is 2.37 bits per heavy atom. The maximum absolute atomic E-state index is 12.0. The van der Waals surface area contributed by atoms with E-state index in [0.717, 1.165) is 42.1 Å². The van der Waals surface area contributed by atoms with Gasteiger partial charge < -0.3 is 14.8 Å². The minimum absolute atomic E-state index is 0.172. The number of nitrogens with one attached hydrogen (secondary N) is 1. The number of amides is 1. The van der Waals surface area contributed by atoms with Crippen LogP contribution in [-0.4, -0.2) is 30.8 Å². The summed E-state index contributed by atoms with van der Waals surface area (Å²) in [7, 11) is 1.40. The fourth-order valence-electron chi connectivity index (χ4n) is 3.57. The van der Waals surface area contributed by atoms with Crippen molar-refractivity contribution in [1.29, 1.82) is 0 Å². The average Bonchev–Trinajstić information content (AvgIpc) is 2.57. The highest BCUT2D eigenvalue weighted by Gasteiger charge is 2.25. The highest BCUT2D eigenvalue weighted by Crippen LogP contribution is 2.31. The number of halogens is 1. The molecule has 1 saturated carbocycles. The van der Waals surface area contributed by atoms with Crippen LogP contribution in [0.2, 0.25) is 0 Å². The zero-order chi connectivity index (χ0) is 20.2. The lowest BCUT2D eigenvalue weighted by Crippen LogP contribution is -2.41. The Hall–Kier alpha value is -1.56. The van der Waals surface area contributed by atoms with Gasteiger partial charge in [-0.3, -0.25) is 0 Å². The van der Waals surface area contributed by atoms with Crippen LogP contribution in [-0.2, 0) is 15.9 Å². The van der Waals surface area contributed by atoms with Crippen LogP contribution in [0.5, 0.6) is 0 Å². The number of methoxy groups -OCH3 is 1. The summed E-state index contributed by atoms with van der Waals surface area (Å²) in [6.45, 7) is 7.58. The SMILES string of the molecule is COC(=O)c1cc(Br)cc(CC2CCC(NC(=O)OC(C)(C)C)CC2)c1C. The second-order valence-electron chi connectivity index (χ2n) is 8.30. The Labute approximate surface area is 170 Å². The van der Waals surface area contributed by atoms with Crippen molar-refractivity contribution in [3.63, 3.8) is 0 Å². The molecule has 6 heteroatoms. The Morgan fingerprint density at radius 2 is 1.81 bits per heavy atom. The molecule has 5 nitrogen and oxygen atoms in total. The lowest BCUT2D eigenvalue weighted by Gasteiger charge is -2.30. The minimum atomic E-state index is -0.475. The fraction of sp³-hybridized carbons (Fsp3) is 0.619. The van der Waals surface area contributed by atoms with Crippen molar-refractivity contribution >= 4 is 28.0 Å². The van der Waals surface area contributed by atoms with E-state index in [-0.39, 0.29) is 18.1 Å². The van der Waals surface area contributed by atoms with Gasteiger partial charge in [-0.05, 0) is 89.0 Å². The second kappa shape index (κ2) is 9.09. The summed E-state index contributed by atoms with van der Waals surface area (Å²) in [6.07, 6.45) is 4.56. The van der Waals surface area contributed by atoms with E-state index in [1.54, 1.807) is 0 Å². The molecule has 0 radical (unpaired) electrons. The Balaban J connectivity index is 1.93. The molecular formula is C21H30BrNO4. The van der Waals surface area contributed by atoms with Gasteiger partial charge in [-0.15, -0.1) is 0 Å². The van der Waals surface area contributed by atoms with E-state index in [1.807, 2.05) is 33.8 Å². The number of esters is 1. The number of carbonyl (C=O) groups is 2. The number of hydrogen-bond donors (Lipinski definition) is 1. The van der Waals surface area contributed by atoms with Gasteiger partial charge in [0.2, 0.25) is 0 Å². The first-order valence-electron chi connectivity index (χ1n) is 9.46. The van der Waals surface area contributed by atoms with E-state index < -0.39 is 5.60 Å². The molecule has 1 amide bonds. The second-order valence-corrected chi connectivity index (χ2v) is 9.21. The summed E-state index contributed by atoms with van der Waals surface area (Å²) < 4.78 is 11.1. The minimum Gasteiger partial charge on any atom is -0.465 e. The van der Waals surface area contributed by atoms with E-state index in [0.29, 0.717) is 11.5 Å². The third-order valence-electron chi connectivity index (χ3n) is 4.96. The van der Waals surface area contributed by atoms with Gasteiger partial charge in [-0.2, -0.15) is 0 Å². The van der Waals surface area contributed by atoms with Gasteiger partial charge in [-0.1, -0.05) is 15.9 Å². The van der Waals surface area contributed by atoms with Crippen molar-refractivity contribution in [2.45, 2.75) is 71.4 Å². The Morgan fingerprint density at radius 1 is 1.19 bits per heavy atom. The van der Waals surface area contributed by atoms with Gasteiger partial charge in [0.1, 0.15) is 5.60 Å². The van der Waals surface area contributed by atoms with Gasteiger partial charge in [-0.25, -0.2) is 9.59 Å². The first kappa shape index (κ1) is 21.7. The van der Waals surface area contributed by atoms with E-state index in [9.17, 15) is 9.59 Å². The maximum Gasteiger partial charge on any atom is 0.407 e. The molecular weight excluding hydrogens is 410 g/mol. The molecule has 1 aliphatic carbocycles. The summed E-state index contributed by atoms with van der Waals surface area (Å²) >= 11 is 3.50. The van der Waals surface area contributed by atoms with Gasteiger partial charge >= 0.3 is 12.1 Å².